The number of rotatable bonds is 5. The Balaban J connectivity index is 1.68. The summed E-state index contributed by atoms with van der Waals surface area (Å²) in [6, 6.07) is 11.6. The summed E-state index contributed by atoms with van der Waals surface area (Å²) >= 11 is 5.82. The molecule has 1 heterocycles. The van der Waals surface area contributed by atoms with E-state index in [0.717, 1.165) is 17.7 Å². The Labute approximate surface area is 153 Å². The summed E-state index contributed by atoms with van der Waals surface area (Å²) in [5.74, 6) is -1.87. The van der Waals surface area contributed by atoms with Crippen molar-refractivity contribution in [2.45, 2.75) is 6.54 Å². The predicted molar refractivity (Wildman–Crippen MR) is 94.3 cm³/mol. The molecule has 1 aromatic heterocycles. The molecule has 0 aliphatic rings. The SMILES string of the molecule is O=C(NCc1ccc(Cl)cc1)c1ccnc(Nc2ccc(F)cc2F)n1. The van der Waals surface area contributed by atoms with Gasteiger partial charge < -0.3 is 10.6 Å². The first-order chi connectivity index (χ1) is 12.5. The van der Waals surface area contributed by atoms with Crippen LogP contribution in [-0.4, -0.2) is 15.9 Å². The predicted octanol–water partition coefficient (Wildman–Crippen LogP) is 4.08. The van der Waals surface area contributed by atoms with Crippen molar-refractivity contribution in [3.8, 4) is 0 Å². The number of carbonyl (C=O) groups excluding carboxylic acids is 1. The zero-order chi connectivity index (χ0) is 18.5. The molecule has 0 saturated carbocycles. The Morgan fingerprint density at radius 1 is 1.08 bits per heavy atom. The fourth-order valence-corrected chi connectivity index (χ4v) is 2.26. The Hall–Kier alpha value is -3.06. The zero-order valence-electron chi connectivity index (χ0n) is 13.3. The largest absolute Gasteiger partial charge is 0.347 e. The maximum atomic E-state index is 13.7. The van der Waals surface area contributed by atoms with E-state index in [1.807, 2.05) is 0 Å². The molecular formula is C18H13ClF2N4O. The van der Waals surface area contributed by atoms with E-state index in [4.69, 9.17) is 11.6 Å². The molecule has 5 nitrogen and oxygen atoms in total. The molecule has 0 spiro atoms. The number of nitrogens with one attached hydrogen (secondary N) is 2. The number of benzene rings is 2. The molecule has 8 heteroatoms. The van der Waals surface area contributed by atoms with Crippen LogP contribution >= 0.6 is 11.6 Å². The topological polar surface area (TPSA) is 66.9 Å². The minimum Gasteiger partial charge on any atom is -0.347 e. The highest BCUT2D eigenvalue weighted by molar-refractivity contribution is 6.30. The third-order valence-corrected chi connectivity index (χ3v) is 3.68. The molecule has 26 heavy (non-hydrogen) atoms. The molecule has 0 bridgehead atoms. The normalized spacial score (nSPS) is 10.4. The number of nitrogens with zero attached hydrogens (tertiary/aromatic N) is 2. The van der Waals surface area contributed by atoms with Crippen molar-refractivity contribution in [2.75, 3.05) is 5.32 Å². The minimum absolute atomic E-state index is 0.00474. The molecule has 0 aliphatic heterocycles. The summed E-state index contributed by atoms with van der Waals surface area (Å²) in [7, 11) is 0. The maximum absolute atomic E-state index is 13.7. The molecule has 0 aliphatic carbocycles. The van der Waals surface area contributed by atoms with E-state index in [-0.39, 0.29) is 17.3 Å². The summed E-state index contributed by atoms with van der Waals surface area (Å²) in [6.07, 6.45) is 1.37. The summed E-state index contributed by atoms with van der Waals surface area (Å²) < 4.78 is 26.6. The lowest BCUT2D eigenvalue weighted by atomic mass is 10.2. The molecule has 132 valence electrons. The molecule has 3 rings (SSSR count). The molecule has 2 N–H and O–H groups in total. The Kier molecular flexibility index (Phi) is 5.38. The van der Waals surface area contributed by atoms with Crippen molar-refractivity contribution in [1.29, 1.82) is 0 Å². The third-order valence-electron chi connectivity index (χ3n) is 3.43. The van der Waals surface area contributed by atoms with Gasteiger partial charge in [-0.25, -0.2) is 18.7 Å². The van der Waals surface area contributed by atoms with Crippen LogP contribution in [-0.2, 0) is 6.54 Å². The zero-order valence-corrected chi connectivity index (χ0v) is 14.1. The van der Waals surface area contributed by atoms with E-state index < -0.39 is 17.5 Å². The van der Waals surface area contributed by atoms with E-state index in [1.54, 1.807) is 24.3 Å². The first kappa shape index (κ1) is 17.8. The van der Waals surface area contributed by atoms with Gasteiger partial charge in [0.25, 0.3) is 5.91 Å². The Morgan fingerprint density at radius 2 is 1.85 bits per heavy atom. The highest BCUT2D eigenvalue weighted by Gasteiger charge is 2.10. The molecule has 0 atom stereocenters. The van der Waals surface area contributed by atoms with Gasteiger partial charge in [-0.3, -0.25) is 4.79 Å². The molecule has 0 fully saturated rings. The van der Waals surface area contributed by atoms with Crippen LogP contribution in [0.5, 0.6) is 0 Å². The Bertz CT molecular complexity index is 935. The molecule has 0 saturated heterocycles. The van der Waals surface area contributed by atoms with Gasteiger partial charge in [-0.1, -0.05) is 23.7 Å². The number of hydrogen-bond donors (Lipinski definition) is 2. The summed E-state index contributed by atoms with van der Waals surface area (Å²) in [6.45, 7) is 0.301. The second kappa shape index (κ2) is 7.88. The summed E-state index contributed by atoms with van der Waals surface area (Å²) in [4.78, 5) is 20.2. The van der Waals surface area contributed by atoms with Gasteiger partial charge in [0.1, 0.15) is 17.3 Å². The van der Waals surface area contributed by atoms with Crippen LogP contribution in [0.25, 0.3) is 0 Å². The van der Waals surface area contributed by atoms with Crippen molar-refractivity contribution in [3.05, 3.63) is 82.6 Å². The van der Waals surface area contributed by atoms with Crippen molar-refractivity contribution < 1.29 is 13.6 Å². The number of amides is 1. The van der Waals surface area contributed by atoms with Crippen LogP contribution in [0.4, 0.5) is 20.4 Å². The van der Waals surface area contributed by atoms with Crippen LogP contribution in [0.2, 0.25) is 5.02 Å². The van der Waals surface area contributed by atoms with Gasteiger partial charge in [-0.2, -0.15) is 0 Å². The van der Waals surface area contributed by atoms with Crippen LogP contribution in [0.15, 0.2) is 54.7 Å². The monoisotopic (exact) mass is 374 g/mol. The molecule has 1 amide bonds. The molecule has 0 radical (unpaired) electrons. The number of halogens is 3. The quantitative estimate of drug-likeness (QED) is 0.706. The van der Waals surface area contributed by atoms with Gasteiger partial charge in [0, 0.05) is 23.8 Å². The van der Waals surface area contributed by atoms with Gasteiger partial charge in [0.15, 0.2) is 0 Å². The molecule has 3 aromatic rings. The maximum Gasteiger partial charge on any atom is 0.270 e. The number of aromatic nitrogens is 2. The van der Waals surface area contributed by atoms with E-state index in [1.165, 1.54) is 18.3 Å². The van der Waals surface area contributed by atoms with E-state index in [0.29, 0.717) is 11.6 Å². The van der Waals surface area contributed by atoms with E-state index >= 15 is 0 Å². The van der Waals surface area contributed by atoms with Gasteiger partial charge in [-0.15, -0.1) is 0 Å². The first-order valence-electron chi connectivity index (χ1n) is 7.59. The second-order valence-electron chi connectivity index (χ2n) is 5.32. The Morgan fingerprint density at radius 3 is 2.58 bits per heavy atom. The lowest BCUT2D eigenvalue weighted by Crippen LogP contribution is -2.24. The third kappa shape index (κ3) is 4.52. The van der Waals surface area contributed by atoms with Crippen LogP contribution in [0.1, 0.15) is 16.1 Å². The van der Waals surface area contributed by atoms with Gasteiger partial charge in [-0.05, 0) is 35.9 Å². The molecular weight excluding hydrogens is 362 g/mol. The molecule has 2 aromatic carbocycles. The van der Waals surface area contributed by atoms with Crippen LogP contribution in [0.3, 0.4) is 0 Å². The second-order valence-corrected chi connectivity index (χ2v) is 5.76. The summed E-state index contributed by atoms with van der Waals surface area (Å²) in [5, 5.41) is 5.95. The van der Waals surface area contributed by atoms with Crippen LogP contribution in [0, 0.1) is 11.6 Å². The number of hydrogen-bond acceptors (Lipinski definition) is 4. The average Bonchev–Trinajstić information content (AvgIpc) is 2.63. The van der Waals surface area contributed by atoms with E-state index in [2.05, 4.69) is 20.6 Å². The standard InChI is InChI=1S/C18H13ClF2N4O/c19-12-3-1-11(2-4-12)10-23-17(26)16-7-8-22-18(25-16)24-15-6-5-13(20)9-14(15)21/h1-9H,10H2,(H,23,26)(H,22,24,25). The highest BCUT2D eigenvalue weighted by Crippen LogP contribution is 2.18. The number of anilines is 2. The van der Waals surface area contributed by atoms with Crippen molar-refractivity contribution in [3.63, 3.8) is 0 Å². The fourth-order valence-electron chi connectivity index (χ4n) is 2.13. The smallest absolute Gasteiger partial charge is 0.270 e. The van der Waals surface area contributed by atoms with Gasteiger partial charge >= 0.3 is 0 Å². The minimum atomic E-state index is -0.786. The van der Waals surface area contributed by atoms with Gasteiger partial charge in [0.2, 0.25) is 5.95 Å². The first-order valence-corrected chi connectivity index (χ1v) is 7.97. The van der Waals surface area contributed by atoms with Crippen molar-refractivity contribution in [2.24, 2.45) is 0 Å². The lowest BCUT2D eigenvalue weighted by Gasteiger charge is -2.08. The summed E-state index contributed by atoms with van der Waals surface area (Å²) in [5.41, 5.74) is 0.993. The van der Waals surface area contributed by atoms with E-state index in [9.17, 15) is 13.6 Å². The van der Waals surface area contributed by atoms with Crippen LogP contribution < -0.4 is 10.6 Å². The average molecular weight is 375 g/mol. The number of carbonyl (C=O) groups is 1. The van der Waals surface area contributed by atoms with Crippen molar-refractivity contribution in [1.82, 2.24) is 15.3 Å². The molecule has 0 unspecified atom stereocenters. The lowest BCUT2D eigenvalue weighted by molar-refractivity contribution is 0.0946. The highest BCUT2D eigenvalue weighted by atomic mass is 35.5. The fraction of sp³-hybridized carbons (Fsp3) is 0.0556. The van der Waals surface area contributed by atoms with Crippen molar-refractivity contribution >= 4 is 29.1 Å². The van der Waals surface area contributed by atoms with Gasteiger partial charge in [0.05, 0.1) is 5.69 Å².